The second-order valence-electron chi connectivity index (χ2n) is 5.30. The highest BCUT2D eigenvalue weighted by atomic mass is 35.5. The van der Waals surface area contributed by atoms with Crippen LogP contribution >= 0.6 is 11.6 Å². The molecule has 0 atom stereocenters. The fourth-order valence-electron chi connectivity index (χ4n) is 2.51. The van der Waals surface area contributed by atoms with E-state index in [-0.39, 0.29) is 24.9 Å². The number of anilines is 1. The molecule has 0 saturated carbocycles. The van der Waals surface area contributed by atoms with Gasteiger partial charge in [0.1, 0.15) is 5.82 Å². The van der Waals surface area contributed by atoms with Gasteiger partial charge in [0.15, 0.2) is 18.1 Å². The molecule has 0 radical (unpaired) electrons. The van der Waals surface area contributed by atoms with Gasteiger partial charge in [0, 0.05) is 22.3 Å². The van der Waals surface area contributed by atoms with E-state index in [2.05, 4.69) is 0 Å². The summed E-state index contributed by atoms with van der Waals surface area (Å²) in [5.41, 5.74) is 1.71. The third-order valence-electron chi connectivity index (χ3n) is 3.75. The van der Waals surface area contributed by atoms with Crippen molar-refractivity contribution in [3.8, 4) is 11.5 Å². The molecule has 4 nitrogen and oxygen atoms in total. The zero-order chi connectivity index (χ0) is 16.6. The Labute approximate surface area is 138 Å². The molecule has 0 spiro atoms. The van der Waals surface area contributed by atoms with E-state index in [9.17, 15) is 9.18 Å². The Kier molecular flexibility index (Phi) is 4.13. The van der Waals surface area contributed by atoms with Crippen LogP contribution in [0.1, 0.15) is 11.1 Å². The van der Waals surface area contributed by atoms with E-state index in [0.717, 1.165) is 0 Å². The molecule has 1 aliphatic heterocycles. The molecule has 0 N–H and O–H groups in total. The summed E-state index contributed by atoms with van der Waals surface area (Å²) in [6.07, 6.45) is 0. The normalized spacial score (nSPS) is 14.1. The number of rotatable bonds is 2. The van der Waals surface area contributed by atoms with Gasteiger partial charge in [0.25, 0.3) is 5.91 Å². The van der Waals surface area contributed by atoms with Gasteiger partial charge in [-0.25, -0.2) is 4.39 Å². The lowest BCUT2D eigenvalue weighted by Crippen LogP contribution is -2.32. The Morgan fingerprint density at radius 2 is 2.09 bits per heavy atom. The van der Waals surface area contributed by atoms with Gasteiger partial charge in [-0.3, -0.25) is 4.79 Å². The zero-order valence-electron chi connectivity index (χ0n) is 12.7. The maximum Gasteiger partial charge on any atom is 0.265 e. The van der Waals surface area contributed by atoms with Gasteiger partial charge in [-0.05, 0) is 30.7 Å². The molecule has 2 aromatic carbocycles. The summed E-state index contributed by atoms with van der Waals surface area (Å²) in [5, 5.41) is 0.480. The van der Waals surface area contributed by atoms with Crippen LogP contribution in [0.5, 0.6) is 11.5 Å². The lowest BCUT2D eigenvalue weighted by Gasteiger charge is -2.20. The molecule has 0 aromatic heterocycles. The molecule has 0 bridgehead atoms. The smallest absolute Gasteiger partial charge is 0.265 e. The van der Waals surface area contributed by atoms with E-state index in [1.165, 1.54) is 18.1 Å². The molecule has 1 amide bonds. The lowest BCUT2D eigenvalue weighted by atomic mass is 10.1. The molecule has 0 unspecified atom stereocenters. The van der Waals surface area contributed by atoms with Crippen LogP contribution in [0, 0.1) is 12.7 Å². The molecule has 120 valence electrons. The maximum absolute atomic E-state index is 13.8. The number of nitrogens with zero attached hydrogens (tertiary/aromatic N) is 1. The molecule has 0 fully saturated rings. The molecule has 1 heterocycles. The number of benzene rings is 2. The predicted molar refractivity (Wildman–Crippen MR) is 85.8 cm³/mol. The Balaban J connectivity index is 2.04. The fourth-order valence-corrected chi connectivity index (χ4v) is 2.74. The molecule has 2 aromatic rings. The van der Waals surface area contributed by atoms with Crippen molar-refractivity contribution in [2.24, 2.45) is 0 Å². The number of amides is 1. The van der Waals surface area contributed by atoms with Gasteiger partial charge in [0.2, 0.25) is 0 Å². The zero-order valence-corrected chi connectivity index (χ0v) is 13.5. The van der Waals surface area contributed by atoms with E-state index >= 15 is 0 Å². The topological polar surface area (TPSA) is 38.8 Å². The van der Waals surface area contributed by atoms with Gasteiger partial charge < -0.3 is 14.4 Å². The average Bonchev–Trinajstić information content (AvgIpc) is 2.69. The number of hydrogen-bond donors (Lipinski definition) is 0. The standard InChI is InChI=1S/C17H15ClFNO3/c1-10-3-4-13(7-14(10)19)20-8-11-5-12(18)6-15(22-2)17(11)23-9-16(20)21/h3-7H,8-9H2,1-2H3. The number of methoxy groups -OCH3 is 1. The average molecular weight is 336 g/mol. The van der Waals surface area contributed by atoms with E-state index in [4.69, 9.17) is 21.1 Å². The van der Waals surface area contributed by atoms with Crippen LogP contribution in [-0.2, 0) is 11.3 Å². The number of carbonyl (C=O) groups is 1. The first kappa shape index (κ1) is 15.6. The van der Waals surface area contributed by atoms with Gasteiger partial charge in [0.05, 0.1) is 13.7 Å². The Hall–Kier alpha value is -2.27. The minimum absolute atomic E-state index is 0.152. The van der Waals surface area contributed by atoms with Crippen LogP contribution in [0.2, 0.25) is 5.02 Å². The fraction of sp³-hybridized carbons (Fsp3) is 0.235. The first-order chi connectivity index (χ1) is 11.0. The highest BCUT2D eigenvalue weighted by Crippen LogP contribution is 2.37. The van der Waals surface area contributed by atoms with Crippen LogP contribution in [-0.4, -0.2) is 19.6 Å². The summed E-state index contributed by atoms with van der Waals surface area (Å²) in [6, 6.07) is 8.05. The monoisotopic (exact) mass is 335 g/mol. The second-order valence-corrected chi connectivity index (χ2v) is 5.73. The van der Waals surface area contributed by atoms with Crippen molar-refractivity contribution in [1.82, 2.24) is 0 Å². The molecule has 6 heteroatoms. The van der Waals surface area contributed by atoms with Crippen LogP contribution < -0.4 is 14.4 Å². The highest BCUT2D eigenvalue weighted by molar-refractivity contribution is 6.30. The number of ether oxygens (including phenoxy) is 2. The first-order valence-electron chi connectivity index (χ1n) is 7.05. The SMILES string of the molecule is COc1cc(Cl)cc2c1OCC(=O)N(c1ccc(C)c(F)c1)C2. The minimum Gasteiger partial charge on any atom is -0.493 e. The van der Waals surface area contributed by atoms with Crippen molar-refractivity contribution in [2.45, 2.75) is 13.5 Å². The Morgan fingerprint density at radius 1 is 1.30 bits per heavy atom. The minimum atomic E-state index is -0.357. The summed E-state index contributed by atoms with van der Waals surface area (Å²) in [5.74, 6) is 0.338. The maximum atomic E-state index is 13.8. The molecule has 23 heavy (non-hydrogen) atoms. The lowest BCUT2D eigenvalue weighted by molar-refractivity contribution is -0.120. The Bertz CT molecular complexity index is 779. The van der Waals surface area contributed by atoms with Gasteiger partial charge >= 0.3 is 0 Å². The third-order valence-corrected chi connectivity index (χ3v) is 3.97. The molecular weight excluding hydrogens is 321 g/mol. The summed E-state index contributed by atoms with van der Waals surface area (Å²) in [6.45, 7) is 1.75. The van der Waals surface area contributed by atoms with Gasteiger partial charge in [-0.15, -0.1) is 0 Å². The van der Waals surface area contributed by atoms with Gasteiger partial charge in [-0.2, -0.15) is 0 Å². The van der Waals surface area contributed by atoms with Crippen LogP contribution in [0.4, 0.5) is 10.1 Å². The number of fused-ring (bicyclic) bond motifs is 1. The molecule has 1 aliphatic rings. The summed E-state index contributed by atoms with van der Waals surface area (Å²) in [4.78, 5) is 13.8. The highest BCUT2D eigenvalue weighted by Gasteiger charge is 2.26. The molecule has 3 rings (SSSR count). The molecular formula is C17H15ClFNO3. The van der Waals surface area contributed by atoms with E-state index in [1.807, 2.05) is 0 Å². The van der Waals surface area contributed by atoms with Crippen molar-refractivity contribution in [3.63, 3.8) is 0 Å². The third kappa shape index (κ3) is 2.97. The van der Waals surface area contributed by atoms with Crippen LogP contribution in [0.3, 0.4) is 0 Å². The molecule has 0 aliphatic carbocycles. The van der Waals surface area contributed by atoms with Crippen molar-refractivity contribution in [1.29, 1.82) is 0 Å². The molecule has 0 saturated heterocycles. The largest absolute Gasteiger partial charge is 0.493 e. The quantitative estimate of drug-likeness (QED) is 0.839. The van der Waals surface area contributed by atoms with Crippen molar-refractivity contribution in [3.05, 3.63) is 52.3 Å². The number of carbonyl (C=O) groups excluding carboxylic acids is 1. The summed E-state index contributed by atoms with van der Waals surface area (Å²) in [7, 11) is 1.51. The first-order valence-corrected chi connectivity index (χ1v) is 7.43. The van der Waals surface area contributed by atoms with Crippen LogP contribution in [0.25, 0.3) is 0 Å². The van der Waals surface area contributed by atoms with E-state index in [1.54, 1.807) is 31.2 Å². The predicted octanol–water partition coefficient (Wildman–Crippen LogP) is 3.72. The summed E-state index contributed by atoms with van der Waals surface area (Å²) >= 11 is 6.09. The van der Waals surface area contributed by atoms with Gasteiger partial charge in [-0.1, -0.05) is 17.7 Å². The number of aryl methyl sites for hydroxylation is 1. The van der Waals surface area contributed by atoms with Crippen molar-refractivity contribution in [2.75, 3.05) is 18.6 Å². The van der Waals surface area contributed by atoms with E-state index < -0.39 is 0 Å². The van der Waals surface area contributed by atoms with E-state index in [0.29, 0.717) is 33.3 Å². The summed E-state index contributed by atoms with van der Waals surface area (Å²) < 4.78 is 24.7. The van der Waals surface area contributed by atoms with Crippen molar-refractivity contribution < 1.29 is 18.7 Å². The Morgan fingerprint density at radius 3 is 2.78 bits per heavy atom. The number of halogens is 2. The van der Waals surface area contributed by atoms with Crippen LogP contribution in [0.15, 0.2) is 30.3 Å². The van der Waals surface area contributed by atoms with Crippen molar-refractivity contribution >= 4 is 23.2 Å². The number of hydrogen-bond acceptors (Lipinski definition) is 3. The second kappa shape index (κ2) is 6.08.